The van der Waals surface area contributed by atoms with Crippen molar-refractivity contribution in [2.75, 3.05) is 9.80 Å². The standard InChI is InChI=1S/C86H62N4S2/c1-85(2,3)53-35-39-69-67(43-53)81-71(87(55-27-15-9-16-28-55)73-47-65-57-31-19-21-33-77(57)91-79(65)49-61(73)51-23-11-7-12-24-51)41-37-59-63-46-76-64(45-75(63)89(69)83(59)81)60-38-42-72(82-68-44-54(86(4,5)6)36-40-70(68)90(76)84(60)82)88(56-29-17-10-18-30-56)74-48-66-58-32-20-22-34-78(58)92-80(66)50-62(74)52-25-13-8-14-26-52/h7-50H,1-6H3. The Balaban J connectivity index is 0.915. The Hall–Kier alpha value is -10.5. The summed E-state index contributed by atoms with van der Waals surface area (Å²) < 4.78 is 10.4. The van der Waals surface area contributed by atoms with Gasteiger partial charge in [0.2, 0.25) is 0 Å². The first-order valence-corrected chi connectivity index (χ1v) is 33.7. The minimum atomic E-state index is -0.0838. The number of aromatic nitrogens is 2. The summed E-state index contributed by atoms with van der Waals surface area (Å²) in [6, 6.07) is 101. The Morgan fingerprint density at radius 1 is 0.272 bits per heavy atom. The third-order valence-corrected chi connectivity index (χ3v) is 22.1. The van der Waals surface area contributed by atoms with Crippen LogP contribution in [0.1, 0.15) is 52.7 Å². The summed E-state index contributed by atoms with van der Waals surface area (Å²) in [6.07, 6.45) is 0. The molecule has 0 fully saturated rings. The van der Waals surface area contributed by atoms with Crippen molar-refractivity contribution in [2.45, 2.75) is 52.4 Å². The van der Waals surface area contributed by atoms with Gasteiger partial charge >= 0.3 is 0 Å². The fourth-order valence-electron chi connectivity index (χ4n) is 15.4. The second-order valence-corrected chi connectivity index (χ2v) is 29.4. The molecule has 0 atom stereocenters. The van der Waals surface area contributed by atoms with E-state index in [2.05, 4.69) is 327 Å². The van der Waals surface area contributed by atoms with Crippen LogP contribution in [0.4, 0.5) is 34.1 Å². The second-order valence-electron chi connectivity index (χ2n) is 27.2. The van der Waals surface area contributed by atoms with Gasteiger partial charge in [-0.25, -0.2) is 0 Å². The van der Waals surface area contributed by atoms with Gasteiger partial charge < -0.3 is 18.6 Å². The molecule has 438 valence electrons. The molecule has 0 saturated carbocycles. The molecule has 19 rings (SSSR count). The van der Waals surface area contributed by atoms with Crippen LogP contribution < -0.4 is 9.80 Å². The van der Waals surface area contributed by atoms with Crippen molar-refractivity contribution < 1.29 is 0 Å². The first kappa shape index (κ1) is 53.3. The molecule has 0 amide bonds. The zero-order valence-electron chi connectivity index (χ0n) is 52.0. The van der Waals surface area contributed by atoms with Crippen LogP contribution in [0.3, 0.4) is 0 Å². The predicted molar refractivity (Wildman–Crippen MR) is 399 cm³/mol. The number of nitrogens with zero attached hydrogens (tertiary/aromatic N) is 4. The molecule has 0 radical (unpaired) electrons. The van der Waals surface area contributed by atoms with E-state index in [1.54, 1.807) is 0 Å². The number of rotatable bonds is 8. The molecule has 4 nitrogen and oxygen atoms in total. The molecule has 0 aliphatic carbocycles. The topological polar surface area (TPSA) is 15.3 Å². The van der Waals surface area contributed by atoms with Gasteiger partial charge in [0.1, 0.15) is 0 Å². The quantitative estimate of drug-likeness (QED) is 0.151. The van der Waals surface area contributed by atoms with Gasteiger partial charge in [-0.05, 0) is 142 Å². The van der Waals surface area contributed by atoms with E-state index in [1.165, 1.54) is 150 Å². The van der Waals surface area contributed by atoms with E-state index in [9.17, 15) is 0 Å². The van der Waals surface area contributed by atoms with Crippen molar-refractivity contribution in [3.63, 3.8) is 0 Å². The first-order valence-electron chi connectivity index (χ1n) is 32.1. The molecule has 0 N–H and O–H groups in total. The zero-order valence-corrected chi connectivity index (χ0v) is 53.6. The Bertz CT molecular complexity index is 5810. The minimum absolute atomic E-state index is 0.0838. The highest BCUT2D eigenvalue weighted by molar-refractivity contribution is 7.26. The first-order chi connectivity index (χ1) is 44.9. The highest BCUT2D eigenvalue weighted by Crippen LogP contribution is 2.55. The summed E-state index contributed by atoms with van der Waals surface area (Å²) in [5.41, 5.74) is 21.3. The van der Waals surface area contributed by atoms with Crippen LogP contribution in [0.2, 0.25) is 0 Å². The Morgan fingerprint density at radius 3 is 1.05 bits per heavy atom. The lowest BCUT2D eigenvalue weighted by molar-refractivity contribution is 0.591. The predicted octanol–water partition coefficient (Wildman–Crippen LogP) is 25.6. The van der Waals surface area contributed by atoms with Crippen molar-refractivity contribution >= 4 is 173 Å². The molecule has 6 heterocycles. The minimum Gasteiger partial charge on any atom is -0.309 e. The average Bonchev–Trinajstić information content (AvgIpc) is 1.51. The maximum absolute atomic E-state index is 2.61. The third kappa shape index (κ3) is 7.75. The van der Waals surface area contributed by atoms with Gasteiger partial charge in [-0.1, -0.05) is 199 Å². The summed E-state index contributed by atoms with van der Waals surface area (Å²) >= 11 is 3.76. The van der Waals surface area contributed by atoms with E-state index in [4.69, 9.17) is 0 Å². The smallest absolute Gasteiger partial charge is 0.0641 e. The van der Waals surface area contributed by atoms with E-state index >= 15 is 0 Å². The van der Waals surface area contributed by atoms with Gasteiger partial charge in [0.15, 0.2) is 0 Å². The maximum Gasteiger partial charge on any atom is 0.0641 e. The van der Waals surface area contributed by atoms with Gasteiger partial charge in [-0.2, -0.15) is 0 Å². The molecule has 0 spiro atoms. The van der Waals surface area contributed by atoms with E-state index in [0.717, 1.165) is 34.1 Å². The van der Waals surface area contributed by atoms with Crippen LogP contribution in [-0.4, -0.2) is 8.80 Å². The molecular formula is C86H62N4S2. The maximum atomic E-state index is 2.61. The second kappa shape index (κ2) is 19.5. The van der Waals surface area contributed by atoms with Gasteiger partial charge in [0.05, 0.1) is 55.8 Å². The van der Waals surface area contributed by atoms with E-state index in [-0.39, 0.29) is 10.8 Å². The highest BCUT2D eigenvalue weighted by Gasteiger charge is 2.32. The molecule has 6 heteroatoms. The van der Waals surface area contributed by atoms with Crippen LogP contribution in [-0.2, 0) is 10.8 Å². The Kier molecular flexibility index (Phi) is 11.3. The van der Waals surface area contributed by atoms with Crippen LogP contribution >= 0.6 is 22.7 Å². The summed E-state index contributed by atoms with van der Waals surface area (Å²) in [7, 11) is 0. The largest absolute Gasteiger partial charge is 0.309 e. The van der Waals surface area contributed by atoms with E-state index in [1.807, 2.05) is 22.7 Å². The lowest BCUT2D eigenvalue weighted by Gasteiger charge is -2.29. The summed E-state index contributed by atoms with van der Waals surface area (Å²) in [5, 5.41) is 15.1. The fraction of sp³-hybridized carbons (Fsp3) is 0.0930. The lowest BCUT2D eigenvalue weighted by atomic mass is 9.86. The molecule has 92 heavy (non-hydrogen) atoms. The number of anilines is 6. The van der Waals surface area contributed by atoms with Crippen LogP contribution in [0.25, 0.3) is 139 Å². The Morgan fingerprint density at radius 2 is 0.652 bits per heavy atom. The molecule has 19 aromatic rings. The van der Waals surface area contributed by atoms with Crippen LogP contribution in [0.15, 0.2) is 267 Å². The fourth-order valence-corrected chi connectivity index (χ4v) is 17.7. The van der Waals surface area contributed by atoms with Crippen molar-refractivity contribution in [1.82, 2.24) is 8.80 Å². The molecule has 13 aromatic carbocycles. The number of hydrogen-bond donors (Lipinski definition) is 0. The number of para-hydroxylation sites is 2. The monoisotopic (exact) mass is 1210 g/mol. The van der Waals surface area contributed by atoms with E-state index in [0.29, 0.717) is 0 Å². The zero-order chi connectivity index (χ0) is 61.5. The number of hydrogen-bond acceptors (Lipinski definition) is 4. The number of thiophene rings is 2. The SMILES string of the molecule is CC(C)(C)c1ccc2c(c1)c1c(N(c3ccccc3)c3cc4c(cc3-c3ccccc3)sc3ccccc34)ccc3c4cc5c(cc4n2c31)c1ccc(N(c2ccccc2)c2cc3c(cc2-c2ccccc2)sc2ccccc23)c2c3cc(C(C)(C)C)ccc3n5c12. The van der Waals surface area contributed by atoms with Crippen molar-refractivity contribution in [1.29, 1.82) is 0 Å². The summed E-state index contributed by atoms with van der Waals surface area (Å²) in [6.45, 7) is 14.0. The Labute approximate surface area is 541 Å². The van der Waals surface area contributed by atoms with E-state index < -0.39 is 0 Å². The van der Waals surface area contributed by atoms with Crippen molar-refractivity contribution in [3.8, 4) is 22.3 Å². The van der Waals surface area contributed by atoms with Crippen LogP contribution in [0.5, 0.6) is 0 Å². The average molecular weight is 1220 g/mol. The van der Waals surface area contributed by atoms with Gasteiger partial charge in [-0.15, -0.1) is 22.7 Å². The summed E-state index contributed by atoms with van der Waals surface area (Å²) in [4.78, 5) is 5.13. The molecular weight excluding hydrogens is 1150 g/mol. The highest BCUT2D eigenvalue weighted by atomic mass is 32.1. The molecule has 6 aromatic heterocycles. The molecule has 0 unspecified atom stereocenters. The van der Waals surface area contributed by atoms with Crippen LogP contribution in [0, 0.1) is 0 Å². The van der Waals surface area contributed by atoms with Gasteiger partial charge in [-0.3, -0.25) is 0 Å². The molecule has 0 aliphatic heterocycles. The number of benzene rings is 13. The number of fused-ring (bicyclic) bond motifs is 18. The van der Waals surface area contributed by atoms with Crippen molar-refractivity contribution in [2.24, 2.45) is 0 Å². The van der Waals surface area contributed by atoms with Crippen molar-refractivity contribution in [3.05, 3.63) is 278 Å². The third-order valence-electron chi connectivity index (χ3n) is 19.8. The molecule has 0 saturated heterocycles. The molecule has 0 bridgehead atoms. The van der Waals surface area contributed by atoms with Gasteiger partial charge in [0, 0.05) is 106 Å². The normalized spacial score (nSPS) is 12.7. The van der Waals surface area contributed by atoms with Gasteiger partial charge in [0.25, 0.3) is 0 Å². The summed E-state index contributed by atoms with van der Waals surface area (Å²) in [5.74, 6) is 0. The molecule has 0 aliphatic rings. The lowest BCUT2D eigenvalue weighted by Crippen LogP contribution is -2.12.